The van der Waals surface area contributed by atoms with Gasteiger partial charge in [0.25, 0.3) is 5.91 Å². The maximum absolute atomic E-state index is 11.8. The van der Waals surface area contributed by atoms with Crippen molar-refractivity contribution in [2.75, 3.05) is 0 Å². The highest BCUT2D eigenvalue weighted by molar-refractivity contribution is 7.07. The monoisotopic (exact) mass is 302 g/mol. The minimum Gasteiger partial charge on any atom is -0.266 e. The molecule has 0 spiro atoms. The second-order valence-electron chi connectivity index (χ2n) is 5.76. The van der Waals surface area contributed by atoms with Crippen LogP contribution in [0.25, 0.3) is 0 Å². The minimum absolute atomic E-state index is 0.126. The van der Waals surface area contributed by atoms with E-state index >= 15 is 0 Å². The summed E-state index contributed by atoms with van der Waals surface area (Å²) in [5, 5.41) is 7.75. The van der Waals surface area contributed by atoms with Crippen molar-refractivity contribution in [1.29, 1.82) is 0 Å². The van der Waals surface area contributed by atoms with Crippen LogP contribution in [0.15, 0.2) is 29.4 Å². The molecule has 0 saturated heterocycles. The van der Waals surface area contributed by atoms with Gasteiger partial charge in [-0.3, -0.25) is 4.79 Å². The Balaban J connectivity index is 1.99. The van der Waals surface area contributed by atoms with Gasteiger partial charge in [-0.05, 0) is 35.0 Å². The lowest BCUT2D eigenvalue weighted by Crippen LogP contribution is -2.17. The molecule has 5 nitrogen and oxygen atoms in total. The van der Waals surface area contributed by atoms with Gasteiger partial charge in [0, 0.05) is 0 Å². The van der Waals surface area contributed by atoms with E-state index in [1.165, 1.54) is 5.56 Å². The SMILES string of the molecule is Cc1nnsc1C(=O)N/N=C\c1ccc(C(C)(C)C)cc1. The van der Waals surface area contributed by atoms with E-state index in [-0.39, 0.29) is 11.3 Å². The first kappa shape index (κ1) is 15.3. The van der Waals surface area contributed by atoms with E-state index in [4.69, 9.17) is 0 Å². The lowest BCUT2D eigenvalue weighted by molar-refractivity contribution is 0.0958. The van der Waals surface area contributed by atoms with E-state index in [0.29, 0.717) is 10.6 Å². The fourth-order valence-electron chi connectivity index (χ4n) is 1.73. The lowest BCUT2D eigenvalue weighted by Gasteiger charge is -2.18. The number of amides is 1. The maximum atomic E-state index is 11.8. The van der Waals surface area contributed by atoms with Crippen LogP contribution in [0.4, 0.5) is 0 Å². The van der Waals surface area contributed by atoms with Crippen molar-refractivity contribution in [3.63, 3.8) is 0 Å². The molecule has 2 aromatic rings. The van der Waals surface area contributed by atoms with E-state index < -0.39 is 0 Å². The van der Waals surface area contributed by atoms with Gasteiger partial charge in [-0.15, -0.1) is 5.10 Å². The van der Waals surface area contributed by atoms with E-state index in [0.717, 1.165) is 17.1 Å². The van der Waals surface area contributed by atoms with Gasteiger partial charge in [0.05, 0.1) is 11.9 Å². The number of carbonyl (C=O) groups excluding carboxylic acids is 1. The van der Waals surface area contributed by atoms with Gasteiger partial charge in [-0.2, -0.15) is 5.10 Å². The molecule has 0 fully saturated rings. The second kappa shape index (κ2) is 6.13. The Kier molecular flexibility index (Phi) is 4.47. The zero-order valence-electron chi connectivity index (χ0n) is 12.5. The molecule has 0 unspecified atom stereocenters. The molecule has 0 aliphatic rings. The number of nitrogens with one attached hydrogen (secondary N) is 1. The molecular weight excluding hydrogens is 284 g/mol. The van der Waals surface area contributed by atoms with Crippen LogP contribution in [-0.2, 0) is 5.41 Å². The van der Waals surface area contributed by atoms with Crippen LogP contribution in [0.3, 0.4) is 0 Å². The van der Waals surface area contributed by atoms with Crippen LogP contribution >= 0.6 is 11.5 Å². The van der Waals surface area contributed by atoms with Crippen LogP contribution in [0.2, 0.25) is 0 Å². The topological polar surface area (TPSA) is 67.2 Å². The quantitative estimate of drug-likeness (QED) is 0.700. The van der Waals surface area contributed by atoms with Crippen molar-refractivity contribution in [2.24, 2.45) is 5.10 Å². The highest BCUT2D eigenvalue weighted by atomic mass is 32.1. The molecule has 0 aliphatic heterocycles. The van der Waals surface area contributed by atoms with Gasteiger partial charge in [0.1, 0.15) is 4.88 Å². The summed E-state index contributed by atoms with van der Waals surface area (Å²) in [4.78, 5) is 12.3. The fraction of sp³-hybridized carbons (Fsp3) is 0.333. The highest BCUT2D eigenvalue weighted by Gasteiger charge is 2.13. The normalized spacial score (nSPS) is 11.8. The summed E-state index contributed by atoms with van der Waals surface area (Å²) in [6.07, 6.45) is 1.62. The van der Waals surface area contributed by atoms with Crippen molar-refractivity contribution in [3.05, 3.63) is 46.0 Å². The highest BCUT2D eigenvalue weighted by Crippen LogP contribution is 2.21. The van der Waals surface area contributed by atoms with Crippen LogP contribution in [0.1, 0.15) is 47.3 Å². The first-order valence-corrected chi connectivity index (χ1v) is 7.38. The molecular formula is C15H18N4OS. The average molecular weight is 302 g/mol. The summed E-state index contributed by atoms with van der Waals surface area (Å²) in [5.74, 6) is -0.287. The average Bonchev–Trinajstić information content (AvgIpc) is 2.84. The molecule has 0 radical (unpaired) electrons. The Hall–Kier alpha value is -2.08. The number of aromatic nitrogens is 2. The molecule has 1 N–H and O–H groups in total. The smallest absolute Gasteiger partial charge is 0.266 e. The third-order valence-corrected chi connectivity index (χ3v) is 3.84. The largest absolute Gasteiger partial charge is 0.285 e. The van der Waals surface area contributed by atoms with Crippen LogP contribution in [-0.4, -0.2) is 21.7 Å². The third-order valence-electron chi connectivity index (χ3n) is 3.01. The van der Waals surface area contributed by atoms with E-state index in [1.54, 1.807) is 13.1 Å². The van der Waals surface area contributed by atoms with Gasteiger partial charge >= 0.3 is 0 Å². The van der Waals surface area contributed by atoms with Crippen molar-refractivity contribution in [1.82, 2.24) is 15.0 Å². The number of hydrogen-bond acceptors (Lipinski definition) is 5. The summed E-state index contributed by atoms with van der Waals surface area (Å²) in [6, 6.07) is 8.10. The number of aryl methyl sites for hydroxylation is 1. The molecule has 0 atom stereocenters. The van der Waals surface area contributed by atoms with E-state index in [1.807, 2.05) is 12.1 Å². The van der Waals surface area contributed by atoms with Gasteiger partial charge in [0.15, 0.2) is 0 Å². The lowest BCUT2D eigenvalue weighted by atomic mass is 9.87. The van der Waals surface area contributed by atoms with E-state index in [9.17, 15) is 4.79 Å². The Morgan fingerprint density at radius 2 is 1.95 bits per heavy atom. The summed E-state index contributed by atoms with van der Waals surface area (Å²) >= 11 is 1.06. The first-order valence-electron chi connectivity index (χ1n) is 6.61. The minimum atomic E-state index is -0.287. The standard InChI is InChI=1S/C15H18N4OS/c1-10-13(21-19-17-10)14(20)18-16-9-11-5-7-12(8-6-11)15(2,3)4/h5-9H,1-4H3,(H,18,20)/b16-9-. The Bertz CT molecular complexity index is 653. The molecule has 6 heteroatoms. The fourth-order valence-corrected chi connectivity index (χ4v) is 2.27. The molecule has 110 valence electrons. The predicted octanol–water partition coefficient (Wildman–Crippen LogP) is 2.91. The molecule has 0 bridgehead atoms. The zero-order valence-corrected chi connectivity index (χ0v) is 13.4. The predicted molar refractivity (Wildman–Crippen MR) is 84.8 cm³/mol. The van der Waals surface area contributed by atoms with Gasteiger partial charge in [-0.1, -0.05) is 49.5 Å². The summed E-state index contributed by atoms with van der Waals surface area (Å²) < 4.78 is 3.72. The van der Waals surface area contributed by atoms with Gasteiger partial charge in [0.2, 0.25) is 0 Å². The molecule has 0 saturated carbocycles. The second-order valence-corrected chi connectivity index (χ2v) is 6.51. The third kappa shape index (κ3) is 3.95. The van der Waals surface area contributed by atoms with Gasteiger partial charge < -0.3 is 0 Å². The van der Waals surface area contributed by atoms with Crippen molar-refractivity contribution in [2.45, 2.75) is 33.1 Å². The van der Waals surface area contributed by atoms with E-state index in [2.05, 4.69) is 53.0 Å². The van der Waals surface area contributed by atoms with Crippen molar-refractivity contribution < 1.29 is 4.79 Å². The number of carbonyl (C=O) groups is 1. The summed E-state index contributed by atoms with van der Waals surface area (Å²) in [5.41, 5.74) is 5.41. The number of hydrogen-bond donors (Lipinski definition) is 1. The van der Waals surface area contributed by atoms with Crippen molar-refractivity contribution in [3.8, 4) is 0 Å². The molecule has 2 rings (SSSR count). The van der Waals surface area contributed by atoms with Crippen molar-refractivity contribution >= 4 is 23.7 Å². The number of rotatable bonds is 3. The Labute approximate surface area is 128 Å². The molecule has 1 aromatic carbocycles. The molecule has 1 heterocycles. The molecule has 1 amide bonds. The number of nitrogens with zero attached hydrogens (tertiary/aromatic N) is 3. The summed E-state index contributed by atoms with van der Waals surface area (Å²) in [7, 11) is 0. The number of hydrazone groups is 1. The summed E-state index contributed by atoms with van der Waals surface area (Å²) in [6.45, 7) is 8.25. The Morgan fingerprint density at radius 3 is 2.48 bits per heavy atom. The molecule has 21 heavy (non-hydrogen) atoms. The van der Waals surface area contributed by atoms with Crippen LogP contribution in [0, 0.1) is 6.92 Å². The first-order chi connectivity index (χ1) is 9.88. The maximum Gasteiger partial charge on any atom is 0.285 e. The van der Waals surface area contributed by atoms with Crippen LogP contribution < -0.4 is 5.43 Å². The Morgan fingerprint density at radius 1 is 1.29 bits per heavy atom. The van der Waals surface area contributed by atoms with Gasteiger partial charge in [-0.25, -0.2) is 5.43 Å². The molecule has 1 aromatic heterocycles. The zero-order chi connectivity index (χ0) is 15.5. The van der Waals surface area contributed by atoms with Crippen LogP contribution in [0.5, 0.6) is 0 Å². The molecule has 0 aliphatic carbocycles. The number of benzene rings is 1.